The molecule has 0 atom stereocenters. The van der Waals surface area contributed by atoms with E-state index in [0.717, 1.165) is 0 Å². The summed E-state index contributed by atoms with van der Waals surface area (Å²) in [6, 6.07) is 9.85. The van der Waals surface area contributed by atoms with Gasteiger partial charge in [-0.1, -0.05) is 12.1 Å². The molecule has 26 heavy (non-hydrogen) atoms. The van der Waals surface area contributed by atoms with Gasteiger partial charge < -0.3 is 24.1 Å². The summed E-state index contributed by atoms with van der Waals surface area (Å²) in [7, 11) is 3.04. The summed E-state index contributed by atoms with van der Waals surface area (Å²) in [5, 5.41) is 8.67. The van der Waals surface area contributed by atoms with Crippen molar-refractivity contribution in [3.8, 4) is 23.0 Å². The summed E-state index contributed by atoms with van der Waals surface area (Å²) in [6.45, 7) is -0.476. The van der Waals surface area contributed by atoms with Gasteiger partial charge in [-0.15, -0.1) is 0 Å². The minimum atomic E-state index is -1.09. The van der Waals surface area contributed by atoms with Crippen molar-refractivity contribution in [1.29, 1.82) is 0 Å². The zero-order valence-electron chi connectivity index (χ0n) is 14.1. The second-order valence-corrected chi connectivity index (χ2v) is 5.36. The Morgan fingerprint density at radius 3 is 2.69 bits per heavy atom. The number of Topliss-reactive ketones (excluding diaryl/α,β-unsaturated/α-hetero) is 1. The number of methoxy groups -OCH3 is 2. The Bertz CT molecular complexity index is 899. The number of aliphatic carboxylic acids is 1. The van der Waals surface area contributed by atoms with Gasteiger partial charge in [0, 0.05) is 11.6 Å². The van der Waals surface area contributed by atoms with E-state index in [0.29, 0.717) is 34.1 Å². The first-order valence-corrected chi connectivity index (χ1v) is 7.67. The number of benzene rings is 2. The Morgan fingerprint density at radius 1 is 1.19 bits per heavy atom. The Labute approximate surface area is 149 Å². The average Bonchev–Trinajstić information content (AvgIpc) is 2.94. The van der Waals surface area contributed by atoms with E-state index in [2.05, 4.69) is 0 Å². The van der Waals surface area contributed by atoms with Gasteiger partial charge in [0.1, 0.15) is 11.5 Å². The summed E-state index contributed by atoms with van der Waals surface area (Å²) >= 11 is 0. The normalized spacial score (nSPS) is 13.9. The second-order valence-electron chi connectivity index (χ2n) is 5.36. The van der Waals surface area contributed by atoms with Gasteiger partial charge in [0.15, 0.2) is 23.9 Å². The number of rotatable bonds is 6. The Kier molecular flexibility index (Phi) is 4.79. The molecule has 1 aliphatic heterocycles. The van der Waals surface area contributed by atoms with Crippen LogP contribution in [0.2, 0.25) is 0 Å². The van der Waals surface area contributed by atoms with Gasteiger partial charge >= 0.3 is 5.97 Å². The quantitative estimate of drug-likeness (QED) is 0.796. The molecule has 0 saturated carbocycles. The van der Waals surface area contributed by atoms with Gasteiger partial charge in [0.2, 0.25) is 5.78 Å². The fourth-order valence-electron chi connectivity index (χ4n) is 2.57. The molecule has 0 aliphatic carbocycles. The lowest BCUT2D eigenvalue weighted by Crippen LogP contribution is -2.09. The van der Waals surface area contributed by atoms with E-state index in [-0.39, 0.29) is 11.5 Å². The lowest BCUT2D eigenvalue weighted by molar-refractivity contribution is -0.139. The van der Waals surface area contributed by atoms with Crippen molar-refractivity contribution in [2.24, 2.45) is 0 Å². The van der Waals surface area contributed by atoms with Gasteiger partial charge in [0.05, 0.1) is 19.8 Å². The van der Waals surface area contributed by atoms with Gasteiger partial charge in [-0.25, -0.2) is 4.79 Å². The second kappa shape index (κ2) is 7.18. The molecule has 7 heteroatoms. The van der Waals surface area contributed by atoms with Crippen LogP contribution < -0.4 is 18.9 Å². The van der Waals surface area contributed by atoms with Crippen LogP contribution in [0.1, 0.15) is 15.9 Å². The predicted molar refractivity (Wildman–Crippen MR) is 92.1 cm³/mol. The molecule has 0 aromatic heterocycles. The van der Waals surface area contributed by atoms with Crippen molar-refractivity contribution < 1.29 is 33.6 Å². The topological polar surface area (TPSA) is 91.3 Å². The van der Waals surface area contributed by atoms with E-state index in [1.807, 2.05) is 0 Å². The van der Waals surface area contributed by atoms with Crippen molar-refractivity contribution in [2.45, 2.75) is 0 Å². The number of allylic oxidation sites excluding steroid dienone is 1. The van der Waals surface area contributed by atoms with Crippen molar-refractivity contribution in [3.05, 3.63) is 53.3 Å². The van der Waals surface area contributed by atoms with E-state index in [1.54, 1.807) is 30.3 Å². The third kappa shape index (κ3) is 3.32. The van der Waals surface area contributed by atoms with Crippen molar-refractivity contribution in [1.82, 2.24) is 0 Å². The van der Waals surface area contributed by atoms with Gasteiger partial charge in [0.25, 0.3) is 0 Å². The van der Waals surface area contributed by atoms with Crippen LogP contribution in [0.25, 0.3) is 6.08 Å². The lowest BCUT2D eigenvalue weighted by Gasteiger charge is -2.10. The molecule has 0 saturated heterocycles. The number of hydrogen-bond donors (Lipinski definition) is 1. The lowest BCUT2D eigenvalue weighted by atomic mass is 10.1. The summed E-state index contributed by atoms with van der Waals surface area (Å²) < 4.78 is 21.3. The molecule has 0 spiro atoms. The first kappa shape index (κ1) is 17.3. The highest BCUT2D eigenvalue weighted by atomic mass is 16.5. The molecule has 2 aromatic carbocycles. The predicted octanol–water partition coefficient (Wildman–Crippen LogP) is 2.78. The summed E-state index contributed by atoms with van der Waals surface area (Å²) in [5.74, 6) is 0.393. The Balaban J connectivity index is 1.90. The number of ether oxygens (including phenoxy) is 4. The van der Waals surface area contributed by atoms with Crippen LogP contribution >= 0.6 is 0 Å². The molecule has 134 valence electrons. The Morgan fingerprint density at radius 2 is 2.00 bits per heavy atom. The molecule has 0 amide bonds. The monoisotopic (exact) mass is 356 g/mol. The zero-order valence-corrected chi connectivity index (χ0v) is 14.1. The van der Waals surface area contributed by atoms with Crippen LogP contribution in [-0.4, -0.2) is 37.7 Å². The highest BCUT2D eigenvalue weighted by molar-refractivity contribution is 6.14. The van der Waals surface area contributed by atoms with Gasteiger partial charge in [-0.3, -0.25) is 4.79 Å². The maximum absolute atomic E-state index is 12.5. The third-order valence-corrected chi connectivity index (χ3v) is 3.72. The fourth-order valence-corrected chi connectivity index (χ4v) is 2.57. The number of carboxylic acids is 1. The number of para-hydroxylation sites is 1. The van der Waals surface area contributed by atoms with Crippen LogP contribution in [0.3, 0.4) is 0 Å². The van der Waals surface area contributed by atoms with Crippen molar-refractivity contribution in [3.63, 3.8) is 0 Å². The SMILES string of the molecule is COc1cccc(/C=C2/Oc3cc(OCC(=O)O)ccc3C2=O)c1OC. The number of fused-ring (bicyclic) bond motifs is 1. The van der Waals surface area contributed by atoms with E-state index >= 15 is 0 Å². The first-order valence-electron chi connectivity index (χ1n) is 7.67. The standard InChI is InChI=1S/C19H16O7/c1-23-14-5-3-4-11(19(14)24-2)8-16-18(22)13-7-6-12(9-15(13)26-16)25-10-17(20)21/h3-9H,10H2,1-2H3,(H,20,21)/b16-8+. The maximum atomic E-state index is 12.5. The molecule has 1 N–H and O–H groups in total. The fraction of sp³-hybridized carbons (Fsp3) is 0.158. The molecule has 0 unspecified atom stereocenters. The average molecular weight is 356 g/mol. The van der Waals surface area contributed by atoms with Gasteiger partial charge in [-0.05, 0) is 24.3 Å². The molecule has 1 heterocycles. The van der Waals surface area contributed by atoms with E-state index in [1.165, 1.54) is 26.4 Å². The Hall–Kier alpha value is -3.48. The van der Waals surface area contributed by atoms with E-state index in [9.17, 15) is 9.59 Å². The molecule has 3 rings (SSSR count). The summed E-state index contributed by atoms with van der Waals surface area (Å²) in [6.07, 6.45) is 1.57. The number of carboxylic acid groups (broad SMARTS) is 1. The minimum Gasteiger partial charge on any atom is -0.493 e. The molecule has 2 aromatic rings. The minimum absolute atomic E-state index is 0.127. The number of carbonyl (C=O) groups excluding carboxylic acids is 1. The van der Waals surface area contributed by atoms with Crippen molar-refractivity contribution >= 4 is 17.8 Å². The third-order valence-electron chi connectivity index (χ3n) is 3.72. The van der Waals surface area contributed by atoms with Crippen LogP contribution in [0, 0.1) is 0 Å². The highest BCUT2D eigenvalue weighted by Crippen LogP contribution is 2.37. The first-order chi connectivity index (χ1) is 12.5. The maximum Gasteiger partial charge on any atom is 0.341 e. The van der Waals surface area contributed by atoms with Crippen LogP contribution in [0.5, 0.6) is 23.0 Å². The summed E-state index contributed by atoms with van der Waals surface area (Å²) in [5.41, 5.74) is 1.01. The molecule has 1 aliphatic rings. The number of ketones is 1. The smallest absolute Gasteiger partial charge is 0.341 e. The molecule has 7 nitrogen and oxygen atoms in total. The molecular formula is C19H16O7. The van der Waals surface area contributed by atoms with Crippen LogP contribution in [0.4, 0.5) is 0 Å². The zero-order chi connectivity index (χ0) is 18.7. The number of carbonyl (C=O) groups is 2. The molecule has 0 radical (unpaired) electrons. The molecule has 0 fully saturated rings. The molecule has 0 bridgehead atoms. The highest BCUT2D eigenvalue weighted by Gasteiger charge is 2.28. The summed E-state index contributed by atoms with van der Waals surface area (Å²) in [4.78, 5) is 23.1. The molecular weight excluding hydrogens is 340 g/mol. The van der Waals surface area contributed by atoms with Crippen molar-refractivity contribution in [2.75, 3.05) is 20.8 Å². The van der Waals surface area contributed by atoms with Gasteiger partial charge in [-0.2, -0.15) is 0 Å². The van der Waals surface area contributed by atoms with E-state index in [4.69, 9.17) is 24.1 Å². The number of hydrogen-bond acceptors (Lipinski definition) is 6. The van der Waals surface area contributed by atoms with Crippen LogP contribution in [-0.2, 0) is 4.79 Å². The largest absolute Gasteiger partial charge is 0.493 e. The van der Waals surface area contributed by atoms with E-state index < -0.39 is 12.6 Å². The van der Waals surface area contributed by atoms with Crippen LogP contribution in [0.15, 0.2) is 42.2 Å².